The van der Waals surface area contributed by atoms with Crippen LogP contribution in [0.4, 0.5) is 0 Å². The Morgan fingerprint density at radius 2 is 1.92 bits per heavy atom. The summed E-state index contributed by atoms with van der Waals surface area (Å²) >= 11 is 0. The highest BCUT2D eigenvalue weighted by Gasteiger charge is 2.00. The van der Waals surface area contributed by atoms with E-state index < -0.39 is 0 Å². The zero-order valence-corrected chi connectivity index (χ0v) is 6.69. The van der Waals surface area contributed by atoms with Gasteiger partial charge >= 0.3 is 0 Å². The van der Waals surface area contributed by atoms with Crippen molar-refractivity contribution in [1.82, 2.24) is 10.1 Å². The molecule has 2 aromatic rings. The molecule has 0 aliphatic rings. The van der Waals surface area contributed by atoms with Gasteiger partial charge in [0.25, 0.3) is 5.89 Å². The molecule has 3 nitrogen and oxygen atoms in total. The van der Waals surface area contributed by atoms with E-state index in [1.54, 1.807) is 0 Å². The molecule has 12 heavy (non-hydrogen) atoms. The van der Waals surface area contributed by atoms with Crippen molar-refractivity contribution in [2.45, 2.75) is 6.92 Å². The fourth-order valence-corrected chi connectivity index (χ4v) is 0.996. The fourth-order valence-electron chi connectivity index (χ4n) is 0.996. The van der Waals surface area contributed by atoms with E-state index >= 15 is 0 Å². The number of hydrogen-bond acceptors (Lipinski definition) is 3. The summed E-state index contributed by atoms with van der Waals surface area (Å²) in [4.78, 5) is 3.94. The maximum Gasteiger partial charge on any atom is 0.257 e. The van der Waals surface area contributed by atoms with Gasteiger partial charge in [-0.15, -0.1) is 0 Å². The van der Waals surface area contributed by atoms with Crippen LogP contribution in [0, 0.1) is 6.92 Å². The van der Waals surface area contributed by atoms with Crippen molar-refractivity contribution in [3.05, 3.63) is 36.2 Å². The smallest absolute Gasteiger partial charge is 0.257 e. The molecule has 0 radical (unpaired) electrons. The van der Waals surface area contributed by atoms with Gasteiger partial charge in [-0.05, 0) is 19.1 Å². The first-order valence-corrected chi connectivity index (χ1v) is 3.70. The van der Waals surface area contributed by atoms with Gasteiger partial charge in [0.1, 0.15) is 0 Å². The second-order valence-electron chi connectivity index (χ2n) is 2.61. The molecule has 60 valence electrons. The number of aromatic nitrogens is 2. The van der Waals surface area contributed by atoms with Crippen molar-refractivity contribution in [1.29, 1.82) is 0 Å². The van der Waals surface area contributed by atoms with Crippen molar-refractivity contribution in [3.8, 4) is 11.5 Å². The van der Waals surface area contributed by atoms with Crippen LogP contribution in [0.3, 0.4) is 0 Å². The lowest BCUT2D eigenvalue weighted by molar-refractivity contribution is 0.430. The van der Waals surface area contributed by atoms with Gasteiger partial charge in [-0.2, -0.15) is 4.98 Å². The number of nitrogens with zero attached hydrogens (tertiary/aromatic N) is 2. The van der Waals surface area contributed by atoms with E-state index in [0.717, 1.165) is 5.56 Å². The molecule has 0 saturated carbocycles. The third-order valence-electron chi connectivity index (χ3n) is 1.66. The van der Waals surface area contributed by atoms with Crippen LogP contribution in [0.2, 0.25) is 0 Å². The lowest BCUT2D eigenvalue weighted by atomic mass is 10.1. The molecule has 0 bridgehead atoms. The van der Waals surface area contributed by atoms with Gasteiger partial charge in [0, 0.05) is 5.56 Å². The van der Waals surface area contributed by atoms with Crippen molar-refractivity contribution in [2.75, 3.05) is 0 Å². The summed E-state index contributed by atoms with van der Waals surface area (Å²) in [6, 6.07) is 7.95. The van der Waals surface area contributed by atoms with Crippen LogP contribution in [0.15, 0.2) is 35.1 Å². The van der Waals surface area contributed by atoms with E-state index in [9.17, 15) is 0 Å². The van der Waals surface area contributed by atoms with E-state index in [2.05, 4.69) is 10.1 Å². The first-order valence-electron chi connectivity index (χ1n) is 3.70. The first-order chi connectivity index (χ1) is 5.86. The van der Waals surface area contributed by atoms with Gasteiger partial charge < -0.3 is 4.52 Å². The molecule has 0 aliphatic heterocycles. The Morgan fingerprint density at radius 1 is 1.17 bits per heavy atom. The lowest BCUT2D eigenvalue weighted by Gasteiger charge is -1.93. The summed E-state index contributed by atoms with van der Waals surface area (Å²) in [7, 11) is 0. The molecule has 0 spiro atoms. The maximum absolute atomic E-state index is 4.90. The zero-order chi connectivity index (χ0) is 8.39. The largest absolute Gasteiger partial charge is 0.334 e. The van der Waals surface area contributed by atoms with Crippen LogP contribution in [-0.4, -0.2) is 10.1 Å². The van der Waals surface area contributed by atoms with Gasteiger partial charge in [-0.1, -0.05) is 22.9 Å². The molecular weight excluding hydrogens is 152 g/mol. The normalized spacial score (nSPS) is 10.1. The molecule has 0 saturated heterocycles. The summed E-state index contributed by atoms with van der Waals surface area (Å²) in [5, 5.41) is 3.53. The van der Waals surface area contributed by atoms with Crippen LogP contribution >= 0.6 is 0 Å². The molecule has 0 fully saturated rings. The van der Waals surface area contributed by atoms with Gasteiger partial charge in [0.15, 0.2) is 6.33 Å². The molecule has 3 heteroatoms. The van der Waals surface area contributed by atoms with E-state index in [0.29, 0.717) is 5.89 Å². The molecule has 0 aliphatic carbocycles. The third-order valence-corrected chi connectivity index (χ3v) is 1.66. The minimum atomic E-state index is 0.565. The van der Waals surface area contributed by atoms with E-state index in [-0.39, 0.29) is 0 Å². The van der Waals surface area contributed by atoms with Gasteiger partial charge in [-0.25, -0.2) is 0 Å². The molecule has 2 rings (SSSR count). The highest BCUT2D eigenvalue weighted by Crippen LogP contribution is 2.15. The predicted molar refractivity (Wildman–Crippen MR) is 44.5 cm³/mol. The maximum atomic E-state index is 4.90. The summed E-state index contributed by atoms with van der Waals surface area (Å²) in [5.74, 6) is 0.565. The quantitative estimate of drug-likeness (QED) is 0.640. The minimum Gasteiger partial charge on any atom is -0.334 e. The molecular formula is C9H8N2O. The van der Waals surface area contributed by atoms with Gasteiger partial charge in [0.05, 0.1) is 0 Å². The van der Waals surface area contributed by atoms with Crippen molar-refractivity contribution >= 4 is 0 Å². The highest BCUT2D eigenvalue weighted by atomic mass is 16.5. The summed E-state index contributed by atoms with van der Waals surface area (Å²) in [6.45, 7) is 2.04. The van der Waals surface area contributed by atoms with Crippen molar-refractivity contribution < 1.29 is 4.52 Å². The predicted octanol–water partition coefficient (Wildman–Crippen LogP) is 2.05. The zero-order valence-electron chi connectivity index (χ0n) is 6.69. The summed E-state index contributed by atoms with van der Waals surface area (Å²) in [6.07, 6.45) is 1.40. The van der Waals surface area contributed by atoms with Crippen molar-refractivity contribution in [3.63, 3.8) is 0 Å². The Bertz CT molecular complexity index is 351. The van der Waals surface area contributed by atoms with Gasteiger partial charge in [0.2, 0.25) is 0 Å². The molecule has 1 aromatic carbocycles. The van der Waals surface area contributed by atoms with Crippen molar-refractivity contribution in [2.24, 2.45) is 0 Å². The van der Waals surface area contributed by atoms with Crippen LogP contribution in [0.5, 0.6) is 0 Å². The molecule has 0 N–H and O–H groups in total. The average molecular weight is 160 g/mol. The van der Waals surface area contributed by atoms with E-state index in [1.165, 1.54) is 11.9 Å². The van der Waals surface area contributed by atoms with Crippen LogP contribution in [-0.2, 0) is 0 Å². The fraction of sp³-hybridized carbons (Fsp3) is 0.111. The third kappa shape index (κ3) is 1.21. The average Bonchev–Trinajstić information content (AvgIpc) is 2.58. The van der Waals surface area contributed by atoms with E-state index in [1.807, 2.05) is 31.2 Å². The second kappa shape index (κ2) is 2.77. The summed E-state index contributed by atoms with van der Waals surface area (Å²) < 4.78 is 4.90. The topological polar surface area (TPSA) is 38.9 Å². The van der Waals surface area contributed by atoms with Crippen LogP contribution in [0.1, 0.15) is 5.56 Å². The molecule has 1 heterocycles. The van der Waals surface area contributed by atoms with Crippen LogP contribution < -0.4 is 0 Å². The Labute approximate surface area is 70.0 Å². The Kier molecular flexibility index (Phi) is 1.63. The Hall–Kier alpha value is -1.64. The molecule has 1 aromatic heterocycles. The summed E-state index contributed by atoms with van der Waals surface area (Å²) in [5.41, 5.74) is 2.18. The molecule has 0 atom stereocenters. The van der Waals surface area contributed by atoms with E-state index in [4.69, 9.17) is 4.52 Å². The SMILES string of the molecule is Cc1ccc(-c2ncno2)cc1. The lowest BCUT2D eigenvalue weighted by Crippen LogP contribution is -1.76. The van der Waals surface area contributed by atoms with Gasteiger partial charge in [-0.3, -0.25) is 0 Å². The highest BCUT2D eigenvalue weighted by molar-refractivity contribution is 5.52. The standard InChI is InChI=1S/C9H8N2O/c1-7-2-4-8(5-3-7)9-10-6-11-12-9/h2-6H,1H3. The number of benzene rings is 1. The molecule has 0 amide bonds. The minimum absolute atomic E-state index is 0.565. The number of aryl methyl sites for hydroxylation is 1. The second-order valence-corrected chi connectivity index (χ2v) is 2.61. The first kappa shape index (κ1) is 7.03. The number of rotatable bonds is 1. The number of hydrogen-bond donors (Lipinski definition) is 0. The Balaban J connectivity index is 2.43. The molecule has 0 unspecified atom stereocenters. The van der Waals surface area contributed by atoms with Crippen LogP contribution in [0.25, 0.3) is 11.5 Å². The monoisotopic (exact) mass is 160 g/mol. The Morgan fingerprint density at radius 3 is 2.50 bits per heavy atom.